The number of aryl methyl sites for hydroxylation is 3. The SMILES string of the molecule is Cc1cc(C)c2c(C(=O)O)cc(-c3sccc3C)nc2c1. The van der Waals surface area contributed by atoms with Crippen LogP contribution in [0.1, 0.15) is 27.0 Å². The predicted molar refractivity (Wildman–Crippen MR) is 86.2 cm³/mol. The van der Waals surface area contributed by atoms with Crippen LogP contribution in [-0.4, -0.2) is 16.1 Å². The minimum atomic E-state index is -0.912. The molecule has 0 atom stereocenters. The number of aromatic nitrogens is 1. The number of hydrogen-bond donors (Lipinski definition) is 1. The molecular weight excluding hydrogens is 282 g/mol. The third-order valence-electron chi connectivity index (χ3n) is 3.58. The Morgan fingerprint density at radius 2 is 1.90 bits per heavy atom. The van der Waals surface area contributed by atoms with Crippen LogP contribution in [0.2, 0.25) is 0 Å². The van der Waals surface area contributed by atoms with Gasteiger partial charge in [0.15, 0.2) is 0 Å². The van der Waals surface area contributed by atoms with E-state index in [1.54, 1.807) is 17.4 Å². The minimum Gasteiger partial charge on any atom is -0.478 e. The Bertz CT molecular complexity index is 865. The third-order valence-corrected chi connectivity index (χ3v) is 4.61. The van der Waals surface area contributed by atoms with Gasteiger partial charge in [0.25, 0.3) is 0 Å². The van der Waals surface area contributed by atoms with Gasteiger partial charge in [0.1, 0.15) is 0 Å². The van der Waals surface area contributed by atoms with Gasteiger partial charge in [-0.05, 0) is 61.0 Å². The lowest BCUT2D eigenvalue weighted by Gasteiger charge is -2.10. The van der Waals surface area contributed by atoms with Crippen LogP contribution in [0.4, 0.5) is 0 Å². The number of hydrogen-bond acceptors (Lipinski definition) is 3. The zero-order valence-electron chi connectivity index (χ0n) is 12.1. The molecule has 3 nitrogen and oxygen atoms in total. The van der Waals surface area contributed by atoms with Crippen molar-refractivity contribution >= 4 is 28.2 Å². The number of carbonyl (C=O) groups is 1. The van der Waals surface area contributed by atoms with Crippen molar-refractivity contribution in [1.82, 2.24) is 4.98 Å². The quantitative estimate of drug-likeness (QED) is 0.752. The molecule has 0 aliphatic carbocycles. The smallest absolute Gasteiger partial charge is 0.336 e. The van der Waals surface area contributed by atoms with Crippen LogP contribution in [0.25, 0.3) is 21.5 Å². The second-order valence-electron chi connectivity index (χ2n) is 5.27. The maximum absolute atomic E-state index is 11.6. The number of fused-ring (bicyclic) bond motifs is 1. The van der Waals surface area contributed by atoms with Crippen LogP contribution in [-0.2, 0) is 0 Å². The molecule has 0 spiro atoms. The maximum Gasteiger partial charge on any atom is 0.336 e. The van der Waals surface area contributed by atoms with Crippen LogP contribution in [0.3, 0.4) is 0 Å². The fourth-order valence-corrected chi connectivity index (χ4v) is 3.56. The van der Waals surface area contributed by atoms with Crippen molar-refractivity contribution in [2.24, 2.45) is 0 Å². The third kappa shape index (κ3) is 2.32. The first kappa shape index (κ1) is 13.8. The van der Waals surface area contributed by atoms with E-state index in [2.05, 4.69) is 0 Å². The van der Waals surface area contributed by atoms with Gasteiger partial charge in [-0.3, -0.25) is 0 Å². The minimum absolute atomic E-state index is 0.320. The lowest BCUT2D eigenvalue weighted by Crippen LogP contribution is -2.02. The molecular formula is C17H15NO2S. The van der Waals surface area contributed by atoms with Crippen LogP contribution < -0.4 is 0 Å². The normalized spacial score (nSPS) is 11.0. The van der Waals surface area contributed by atoms with Crippen molar-refractivity contribution < 1.29 is 9.90 Å². The Hall–Kier alpha value is -2.20. The highest BCUT2D eigenvalue weighted by atomic mass is 32.1. The van der Waals surface area contributed by atoms with Gasteiger partial charge in [-0.15, -0.1) is 11.3 Å². The second-order valence-corrected chi connectivity index (χ2v) is 6.19. The van der Waals surface area contributed by atoms with E-state index in [-0.39, 0.29) is 0 Å². The molecule has 0 aliphatic rings. The van der Waals surface area contributed by atoms with Crippen molar-refractivity contribution in [3.8, 4) is 10.6 Å². The summed E-state index contributed by atoms with van der Waals surface area (Å²) in [4.78, 5) is 17.4. The van der Waals surface area contributed by atoms with Gasteiger partial charge in [-0.2, -0.15) is 0 Å². The van der Waals surface area contributed by atoms with Gasteiger partial charge in [0.2, 0.25) is 0 Å². The molecule has 0 fully saturated rings. The first-order chi connectivity index (χ1) is 9.97. The topological polar surface area (TPSA) is 50.2 Å². The first-order valence-corrected chi connectivity index (χ1v) is 7.55. The van der Waals surface area contributed by atoms with Gasteiger partial charge in [-0.25, -0.2) is 9.78 Å². The molecule has 3 aromatic rings. The molecule has 2 heterocycles. The monoisotopic (exact) mass is 297 g/mol. The van der Waals surface area contributed by atoms with Crippen LogP contribution in [0, 0.1) is 20.8 Å². The zero-order valence-corrected chi connectivity index (χ0v) is 12.9. The summed E-state index contributed by atoms with van der Waals surface area (Å²) in [5.74, 6) is -0.912. The van der Waals surface area contributed by atoms with Gasteiger partial charge in [0.05, 0.1) is 21.7 Å². The number of rotatable bonds is 2. The van der Waals surface area contributed by atoms with Crippen LogP contribution in [0.5, 0.6) is 0 Å². The van der Waals surface area contributed by atoms with E-state index in [9.17, 15) is 9.90 Å². The molecule has 1 N–H and O–H groups in total. The number of carboxylic acids is 1. The Morgan fingerprint density at radius 3 is 2.52 bits per heavy atom. The molecule has 0 amide bonds. The summed E-state index contributed by atoms with van der Waals surface area (Å²) in [6.45, 7) is 5.94. The molecule has 21 heavy (non-hydrogen) atoms. The lowest BCUT2D eigenvalue weighted by atomic mass is 10.00. The van der Waals surface area contributed by atoms with E-state index in [0.717, 1.165) is 38.2 Å². The van der Waals surface area contributed by atoms with E-state index in [1.807, 2.05) is 44.4 Å². The zero-order chi connectivity index (χ0) is 15.1. The van der Waals surface area contributed by atoms with Crippen molar-refractivity contribution in [2.75, 3.05) is 0 Å². The summed E-state index contributed by atoms with van der Waals surface area (Å²) >= 11 is 1.58. The Labute approximate surface area is 126 Å². The van der Waals surface area contributed by atoms with Crippen molar-refractivity contribution in [2.45, 2.75) is 20.8 Å². The molecule has 0 unspecified atom stereocenters. The Kier molecular flexibility index (Phi) is 3.26. The van der Waals surface area contributed by atoms with E-state index < -0.39 is 5.97 Å². The first-order valence-electron chi connectivity index (χ1n) is 6.67. The molecule has 0 radical (unpaired) electrons. The highest BCUT2D eigenvalue weighted by Gasteiger charge is 2.16. The highest BCUT2D eigenvalue weighted by Crippen LogP contribution is 2.32. The number of nitrogens with zero attached hydrogens (tertiary/aromatic N) is 1. The molecule has 2 aromatic heterocycles. The average Bonchev–Trinajstić information content (AvgIpc) is 2.83. The summed E-state index contributed by atoms with van der Waals surface area (Å²) in [6, 6.07) is 7.65. The fraction of sp³-hybridized carbons (Fsp3) is 0.176. The van der Waals surface area contributed by atoms with Crippen molar-refractivity contribution in [3.63, 3.8) is 0 Å². The van der Waals surface area contributed by atoms with E-state index in [1.165, 1.54) is 0 Å². The van der Waals surface area contributed by atoms with Crippen molar-refractivity contribution in [1.29, 1.82) is 0 Å². The number of aromatic carboxylic acids is 1. The number of carboxylic acid groups (broad SMARTS) is 1. The largest absolute Gasteiger partial charge is 0.478 e. The van der Waals surface area contributed by atoms with Gasteiger partial charge in [0, 0.05) is 5.39 Å². The molecule has 4 heteroatoms. The molecule has 0 saturated heterocycles. The summed E-state index contributed by atoms with van der Waals surface area (Å²) in [7, 11) is 0. The molecule has 0 aliphatic heterocycles. The molecule has 1 aromatic carbocycles. The Balaban J connectivity index is 2.40. The van der Waals surface area contributed by atoms with Gasteiger partial charge >= 0.3 is 5.97 Å². The molecule has 0 saturated carbocycles. The van der Waals surface area contributed by atoms with Gasteiger partial charge in [-0.1, -0.05) is 6.07 Å². The molecule has 106 valence electrons. The average molecular weight is 297 g/mol. The molecule has 3 rings (SSSR count). The number of pyridine rings is 1. The lowest BCUT2D eigenvalue weighted by molar-refractivity contribution is 0.0699. The number of thiophene rings is 1. The summed E-state index contributed by atoms with van der Waals surface area (Å²) in [5, 5.41) is 12.3. The summed E-state index contributed by atoms with van der Waals surface area (Å²) in [6.07, 6.45) is 0. The van der Waals surface area contributed by atoms with Crippen LogP contribution >= 0.6 is 11.3 Å². The summed E-state index contributed by atoms with van der Waals surface area (Å²) in [5.41, 5.74) is 4.95. The number of benzene rings is 1. The maximum atomic E-state index is 11.6. The van der Waals surface area contributed by atoms with E-state index in [4.69, 9.17) is 4.98 Å². The van der Waals surface area contributed by atoms with Gasteiger partial charge < -0.3 is 5.11 Å². The highest BCUT2D eigenvalue weighted by molar-refractivity contribution is 7.13. The predicted octanol–water partition coefficient (Wildman–Crippen LogP) is 4.59. The van der Waals surface area contributed by atoms with E-state index >= 15 is 0 Å². The summed E-state index contributed by atoms with van der Waals surface area (Å²) < 4.78 is 0. The fourth-order valence-electron chi connectivity index (χ4n) is 2.67. The van der Waals surface area contributed by atoms with E-state index in [0.29, 0.717) is 5.56 Å². The van der Waals surface area contributed by atoms with Crippen molar-refractivity contribution in [3.05, 3.63) is 51.9 Å². The second kappa shape index (κ2) is 4.97. The Morgan fingerprint density at radius 1 is 1.14 bits per heavy atom. The standard InChI is InChI=1S/C17H15NO2S/c1-9-6-11(3)15-12(17(19)20)8-14(18-13(15)7-9)16-10(2)4-5-21-16/h4-8H,1-3H3,(H,19,20). The van der Waals surface area contributed by atoms with Crippen LogP contribution in [0.15, 0.2) is 29.6 Å². The molecule has 0 bridgehead atoms.